The summed E-state index contributed by atoms with van der Waals surface area (Å²) in [5, 5.41) is 9.95. The first-order chi connectivity index (χ1) is 12.0. The number of phenols is 1. The van der Waals surface area contributed by atoms with Gasteiger partial charge in [0.15, 0.2) is 6.35 Å². The van der Waals surface area contributed by atoms with Crippen LogP contribution in [0.2, 0.25) is 0 Å². The topological polar surface area (TPSA) is 96.2 Å². The van der Waals surface area contributed by atoms with Crippen LogP contribution in [0, 0.1) is 17.4 Å². The van der Waals surface area contributed by atoms with Crippen molar-refractivity contribution in [2.75, 3.05) is 6.35 Å². The molecule has 3 N–H and O–H groups in total. The van der Waals surface area contributed by atoms with E-state index in [-0.39, 0.29) is 11.7 Å². The zero-order chi connectivity index (χ0) is 19.6. The molecular formula is C18H22IO6P. The second-order valence-corrected chi connectivity index (χ2v) is 9.04. The van der Waals surface area contributed by atoms with E-state index < -0.39 is 13.9 Å². The number of rotatable bonds is 6. The standard InChI is InChI=1S/C18H22IO6P/c1-10(2)14-8-13(5-6-15(14)20)25-18-11(3)7-16(17(19)12(18)4)24-9-26(21,22)23/h5-8,10,20H,9H2,1-4H3,(H2,21,22,23). The van der Waals surface area contributed by atoms with Gasteiger partial charge in [-0.15, -0.1) is 0 Å². The Labute approximate surface area is 166 Å². The summed E-state index contributed by atoms with van der Waals surface area (Å²) in [6, 6.07) is 6.82. The Morgan fingerprint density at radius 1 is 1.19 bits per heavy atom. The minimum Gasteiger partial charge on any atom is -0.508 e. The first-order valence-corrected chi connectivity index (χ1v) is 10.8. The largest absolute Gasteiger partial charge is 0.508 e. The molecule has 0 aromatic heterocycles. The molecular weight excluding hydrogens is 470 g/mol. The highest BCUT2D eigenvalue weighted by atomic mass is 127. The van der Waals surface area contributed by atoms with Gasteiger partial charge < -0.3 is 24.4 Å². The number of aryl methyl sites for hydroxylation is 1. The summed E-state index contributed by atoms with van der Waals surface area (Å²) in [4.78, 5) is 18.0. The summed E-state index contributed by atoms with van der Waals surface area (Å²) in [6.07, 6.45) is -0.669. The summed E-state index contributed by atoms with van der Waals surface area (Å²) in [7, 11) is -4.25. The van der Waals surface area contributed by atoms with Gasteiger partial charge in [-0.1, -0.05) is 13.8 Å². The summed E-state index contributed by atoms with van der Waals surface area (Å²) in [5.74, 6) is 2.06. The number of phenolic OH excluding ortho intramolecular Hbond substituents is 1. The maximum atomic E-state index is 11.0. The summed E-state index contributed by atoms with van der Waals surface area (Å²) in [6.45, 7) is 7.68. The predicted octanol–water partition coefficient (Wildman–Crippen LogP) is 5.04. The molecule has 0 fully saturated rings. The fraction of sp³-hybridized carbons (Fsp3) is 0.333. The van der Waals surface area contributed by atoms with Crippen molar-refractivity contribution in [3.05, 3.63) is 44.5 Å². The number of ether oxygens (including phenoxy) is 2. The van der Waals surface area contributed by atoms with E-state index in [1.165, 1.54) is 0 Å². The van der Waals surface area contributed by atoms with Gasteiger partial charge in [-0.05, 0) is 72.2 Å². The second kappa shape index (κ2) is 8.17. The quantitative estimate of drug-likeness (QED) is 0.386. The van der Waals surface area contributed by atoms with E-state index >= 15 is 0 Å². The summed E-state index contributed by atoms with van der Waals surface area (Å²) >= 11 is 2.07. The average molecular weight is 492 g/mol. The summed E-state index contributed by atoms with van der Waals surface area (Å²) < 4.78 is 23.1. The molecule has 0 aliphatic rings. The molecule has 2 aromatic carbocycles. The molecule has 6 nitrogen and oxygen atoms in total. The lowest BCUT2D eigenvalue weighted by Gasteiger charge is -2.18. The van der Waals surface area contributed by atoms with Crippen molar-refractivity contribution < 1.29 is 28.9 Å². The van der Waals surface area contributed by atoms with E-state index in [9.17, 15) is 9.67 Å². The van der Waals surface area contributed by atoms with E-state index in [1.54, 1.807) is 18.2 Å². The SMILES string of the molecule is Cc1cc(OCP(=O)(O)O)c(I)c(C)c1Oc1ccc(O)c(C(C)C)c1. The molecule has 8 heteroatoms. The third kappa shape index (κ3) is 5.13. The molecule has 0 spiro atoms. The number of benzene rings is 2. The molecule has 142 valence electrons. The van der Waals surface area contributed by atoms with E-state index in [0.717, 1.165) is 20.3 Å². The number of hydrogen-bond acceptors (Lipinski definition) is 4. The summed E-state index contributed by atoms with van der Waals surface area (Å²) in [5.41, 5.74) is 2.39. The number of aromatic hydroxyl groups is 1. The molecule has 0 atom stereocenters. The monoisotopic (exact) mass is 492 g/mol. The first-order valence-electron chi connectivity index (χ1n) is 7.97. The molecule has 0 bridgehead atoms. The highest BCUT2D eigenvalue weighted by molar-refractivity contribution is 14.1. The third-order valence-electron chi connectivity index (χ3n) is 3.82. The van der Waals surface area contributed by atoms with Gasteiger partial charge in [-0.25, -0.2) is 0 Å². The maximum Gasteiger partial charge on any atom is 0.362 e. The van der Waals surface area contributed by atoms with Crippen LogP contribution >= 0.6 is 30.2 Å². The molecule has 0 aliphatic carbocycles. The molecule has 26 heavy (non-hydrogen) atoms. The van der Waals surface area contributed by atoms with Crippen LogP contribution in [0.25, 0.3) is 0 Å². The predicted molar refractivity (Wildman–Crippen MR) is 108 cm³/mol. The molecule has 0 radical (unpaired) electrons. The number of halogens is 1. The number of hydrogen-bond donors (Lipinski definition) is 3. The van der Waals surface area contributed by atoms with Gasteiger partial charge in [0.25, 0.3) is 0 Å². The molecule has 0 saturated heterocycles. The van der Waals surface area contributed by atoms with Crippen LogP contribution in [0.5, 0.6) is 23.0 Å². The van der Waals surface area contributed by atoms with Crippen molar-refractivity contribution in [3.63, 3.8) is 0 Å². The van der Waals surface area contributed by atoms with Crippen LogP contribution in [-0.4, -0.2) is 21.2 Å². The second-order valence-electron chi connectivity index (χ2n) is 6.38. The lowest BCUT2D eigenvalue weighted by atomic mass is 10.0. The highest BCUT2D eigenvalue weighted by Crippen LogP contribution is 2.41. The minimum absolute atomic E-state index is 0.157. The fourth-order valence-electron chi connectivity index (χ4n) is 2.50. The van der Waals surface area contributed by atoms with E-state index in [4.69, 9.17) is 19.3 Å². The van der Waals surface area contributed by atoms with Crippen molar-refractivity contribution in [2.24, 2.45) is 0 Å². The molecule has 2 rings (SSSR count). The van der Waals surface area contributed by atoms with Gasteiger partial charge in [0.1, 0.15) is 23.0 Å². The van der Waals surface area contributed by atoms with Crippen molar-refractivity contribution in [1.29, 1.82) is 0 Å². The fourth-order valence-corrected chi connectivity index (χ4v) is 3.36. The van der Waals surface area contributed by atoms with Crippen molar-refractivity contribution in [1.82, 2.24) is 0 Å². The van der Waals surface area contributed by atoms with Crippen LogP contribution in [0.3, 0.4) is 0 Å². The van der Waals surface area contributed by atoms with Crippen molar-refractivity contribution >= 4 is 30.2 Å². The van der Waals surface area contributed by atoms with Crippen LogP contribution in [0.1, 0.15) is 36.5 Å². The zero-order valence-electron chi connectivity index (χ0n) is 15.0. The van der Waals surface area contributed by atoms with Crippen LogP contribution in [0.15, 0.2) is 24.3 Å². The van der Waals surface area contributed by atoms with Gasteiger partial charge >= 0.3 is 7.60 Å². The third-order valence-corrected chi connectivity index (χ3v) is 5.63. The Bertz CT molecular complexity index is 859. The molecule has 0 aliphatic heterocycles. The highest BCUT2D eigenvalue weighted by Gasteiger charge is 2.19. The normalized spacial score (nSPS) is 11.7. The van der Waals surface area contributed by atoms with E-state index in [0.29, 0.717) is 17.2 Å². The van der Waals surface area contributed by atoms with Crippen LogP contribution in [-0.2, 0) is 4.57 Å². The van der Waals surface area contributed by atoms with Crippen molar-refractivity contribution in [2.45, 2.75) is 33.6 Å². The van der Waals surface area contributed by atoms with Crippen LogP contribution < -0.4 is 9.47 Å². The molecule has 0 amide bonds. The zero-order valence-corrected chi connectivity index (χ0v) is 18.0. The Morgan fingerprint density at radius 3 is 2.42 bits per heavy atom. The maximum absolute atomic E-state index is 11.0. The van der Waals surface area contributed by atoms with Gasteiger partial charge in [-0.3, -0.25) is 4.57 Å². The Hall–Kier alpha value is -1.28. The molecule has 0 unspecified atom stereocenters. The van der Waals surface area contributed by atoms with E-state index in [1.807, 2.05) is 33.8 Å². The van der Waals surface area contributed by atoms with Gasteiger partial charge in [0.05, 0.1) is 3.57 Å². The average Bonchev–Trinajstić information content (AvgIpc) is 2.54. The molecule has 0 heterocycles. The Kier molecular flexibility index (Phi) is 6.60. The lowest BCUT2D eigenvalue weighted by molar-refractivity contribution is 0.299. The molecule has 2 aromatic rings. The lowest BCUT2D eigenvalue weighted by Crippen LogP contribution is -2.03. The van der Waals surface area contributed by atoms with Crippen LogP contribution in [0.4, 0.5) is 0 Å². The van der Waals surface area contributed by atoms with Gasteiger partial charge in [0.2, 0.25) is 0 Å². The van der Waals surface area contributed by atoms with Gasteiger partial charge in [-0.2, -0.15) is 0 Å². The van der Waals surface area contributed by atoms with Gasteiger partial charge in [0, 0.05) is 11.1 Å². The Balaban J connectivity index is 2.35. The first kappa shape index (κ1) is 21.0. The van der Waals surface area contributed by atoms with Crippen molar-refractivity contribution in [3.8, 4) is 23.0 Å². The Morgan fingerprint density at radius 2 is 1.85 bits per heavy atom. The minimum atomic E-state index is -4.25. The van der Waals surface area contributed by atoms with E-state index in [2.05, 4.69) is 22.6 Å². The smallest absolute Gasteiger partial charge is 0.362 e. The molecule has 0 saturated carbocycles.